The maximum Gasteiger partial charge on any atom is 0.152 e. The summed E-state index contributed by atoms with van der Waals surface area (Å²) in [4.78, 5) is 15.5. The van der Waals surface area contributed by atoms with E-state index in [9.17, 15) is 4.79 Å². The fourth-order valence-corrected chi connectivity index (χ4v) is 2.37. The Balaban J connectivity index is 2.42. The first kappa shape index (κ1) is 10.7. The van der Waals surface area contributed by atoms with E-state index in [1.54, 1.807) is 12.4 Å². The Labute approximate surface area is 105 Å². The van der Waals surface area contributed by atoms with Crippen LogP contribution >= 0.6 is 0 Å². The van der Waals surface area contributed by atoms with Crippen molar-refractivity contribution in [2.45, 2.75) is 0 Å². The smallest absolute Gasteiger partial charge is 0.152 e. The van der Waals surface area contributed by atoms with Crippen LogP contribution in [-0.2, 0) is 7.05 Å². The van der Waals surface area contributed by atoms with E-state index >= 15 is 0 Å². The largest absolute Gasteiger partial charge is 0.342 e. The van der Waals surface area contributed by atoms with Crippen LogP contribution in [0, 0.1) is 0 Å². The Hall–Kier alpha value is -2.42. The van der Waals surface area contributed by atoms with E-state index in [0.29, 0.717) is 0 Å². The third kappa shape index (κ3) is 1.44. The lowest BCUT2D eigenvalue weighted by molar-refractivity contribution is 0.112. The highest BCUT2D eigenvalue weighted by Crippen LogP contribution is 2.31. The number of carbonyl (C=O) groups is 1. The second kappa shape index (κ2) is 4.11. The second-order valence-corrected chi connectivity index (χ2v) is 4.20. The number of nitrogens with zero attached hydrogens (tertiary/aromatic N) is 2. The van der Waals surface area contributed by atoms with E-state index in [2.05, 4.69) is 4.98 Å². The van der Waals surface area contributed by atoms with E-state index in [-0.39, 0.29) is 0 Å². The molecule has 3 nitrogen and oxygen atoms in total. The van der Waals surface area contributed by atoms with E-state index in [4.69, 9.17) is 0 Å². The van der Waals surface area contributed by atoms with Gasteiger partial charge in [0.05, 0.1) is 17.4 Å². The predicted octanol–water partition coefficient (Wildman–Crippen LogP) is 3.05. The molecule has 0 aliphatic rings. The summed E-state index contributed by atoms with van der Waals surface area (Å²) >= 11 is 0. The molecule has 3 aromatic rings. The third-order valence-electron chi connectivity index (χ3n) is 3.21. The predicted molar refractivity (Wildman–Crippen MR) is 71.5 cm³/mol. The molecule has 0 aliphatic heterocycles. The van der Waals surface area contributed by atoms with Gasteiger partial charge in [-0.3, -0.25) is 9.78 Å². The van der Waals surface area contributed by atoms with Crippen LogP contribution in [0.15, 0.2) is 48.8 Å². The Kier molecular flexibility index (Phi) is 2.45. The normalized spacial score (nSPS) is 10.7. The van der Waals surface area contributed by atoms with E-state index in [1.165, 1.54) is 0 Å². The van der Waals surface area contributed by atoms with Gasteiger partial charge in [0.15, 0.2) is 6.29 Å². The summed E-state index contributed by atoms with van der Waals surface area (Å²) in [5.41, 5.74) is 3.67. The minimum Gasteiger partial charge on any atom is -0.342 e. The fourth-order valence-electron chi connectivity index (χ4n) is 2.37. The van der Waals surface area contributed by atoms with Gasteiger partial charge in [-0.2, -0.15) is 0 Å². The van der Waals surface area contributed by atoms with Crippen molar-refractivity contribution in [1.82, 2.24) is 9.55 Å². The molecule has 0 N–H and O–H groups in total. The lowest BCUT2D eigenvalue weighted by Gasteiger charge is -2.04. The van der Waals surface area contributed by atoms with Crippen molar-refractivity contribution in [1.29, 1.82) is 0 Å². The standard InChI is InChI=1S/C15H12N2O/c1-17-14-9-16-8-7-12(14)13(10-18)15(17)11-5-3-2-4-6-11/h2-10H,1H3. The fraction of sp³-hybridized carbons (Fsp3) is 0.0667. The van der Waals surface area contributed by atoms with Crippen LogP contribution in [0.2, 0.25) is 0 Å². The molecule has 0 radical (unpaired) electrons. The zero-order chi connectivity index (χ0) is 12.5. The highest BCUT2D eigenvalue weighted by Gasteiger charge is 2.15. The number of rotatable bonds is 2. The van der Waals surface area contributed by atoms with Crippen molar-refractivity contribution in [3.63, 3.8) is 0 Å². The lowest BCUT2D eigenvalue weighted by atomic mass is 10.1. The van der Waals surface area contributed by atoms with Crippen molar-refractivity contribution in [3.8, 4) is 11.3 Å². The molecule has 0 fully saturated rings. The highest BCUT2D eigenvalue weighted by molar-refractivity contribution is 6.04. The van der Waals surface area contributed by atoms with E-state index in [0.717, 1.165) is 34.0 Å². The number of aldehydes is 1. The summed E-state index contributed by atoms with van der Waals surface area (Å²) in [5.74, 6) is 0. The van der Waals surface area contributed by atoms with Gasteiger partial charge in [-0.25, -0.2) is 0 Å². The molecular weight excluding hydrogens is 224 g/mol. The van der Waals surface area contributed by atoms with Gasteiger partial charge in [0.2, 0.25) is 0 Å². The number of hydrogen-bond acceptors (Lipinski definition) is 2. The second-order valence-electron chi connectivity index (χ2n) is 4.20. The molecular formula is C15H12N2O. The summed E-state index contributed by atoms with van der Waals surface area (Å²) in [7, 11) is 1.96. The first-order valence-corrected chi connectivity index (χ1v) is 5.76. The van der Waals surface area contributed by atoms with Crippen LogP contribution in [0.1, 0.15) is 10.4 Å². The van der Waals surface area contributed by atoms with Crippen LogP contribution in [0.5, 0.6) is 0 Å². The van der Waals surface area contributed by atoms with Crippen molar-refractivity contribution >= 4 is 17.2 Å². The van der Waals surface area contributed by atoms with Crippen molar-refractivity contribution < 1.29 is 4.79 Å². The van der Waals surface area contributed by atoms with Crippen molar-refractivity contribution in [3.05, 3.63) is 54.4 Å². The molecule has 88 valence electrons. The van der Waals surface area contributed by atoms with Crippen molar-refractivity contribution in [2.75, 3.05) is 0 Å². The Morgan fingerprint density at radius 1 is 1.17 bits per heavy atom. The first-order valence-electron chi connectivity index (χ1n) is 5.76. The summed E-state index contributed by atoms with van der Waals surface area (Å²) in [6.45, 7) is 0. The highest BCUT2D eigenvalue weighted by atomic mass is 16.1. The lowest BCUT2D eigenvalue weighted by Crippen LogP contribution is -1.93. The number of hydrogen-bond donors (Lipinski definition) is 0. The van der Waals surface area contributed by atoms with Gasteiger partial charge in [-0.1, -0.05) is 30.3 Å². The molecule has 0 amide bonds. The maximum atomic E-state index is 11.4. The van der Waals surface area contributed by atoms with Crippen LogP contribution in [0.4, 0.5) is 0 Å². The zero-order valence-corrected chi connectivity index (χ0v) is 10.00. The number of pyridine rings is 1. The topological polar surface area (TPSA) is 34.9 Å². The molecule has 2 aromatic heterocycles. The van der Waals surface area contributed by atoms with Gasteiger partial charge in [0.25, 0.3) is 0 Å². The Bertz CT molecular complexity index is 714. The van der Waals surface area contributed by atoms with Gasteiger partial charge >= 0.3 is 0 Å². The monoisotopic (exact) mass is 236 g/mol. The van der Waals surface area contributed by atoms with E-state index < -0.39 is 0 Å². The molecule has 1 aromatic carbocycles. The summed E-state index contributed by atoms with van der Waals surface area (Å²) in [6, 6.07) is 11.8. The average molecular weight is 236 g/mol. The van der Waals surface area contributed by atoms with Crippen LogP contribution in [0.3, 0.4) is 0 Å². The Morgan fingerprint density at radius 2 is 1.94 bits per heavy atom. The van der Waals surface area contributed by atoms with Crippen LogP contribution in [-0.4, -0.2) is 15.8 Å². The molecule has 0 saturated heterocycles. The quantitative estimate of drug-likeness (QED) is 0.641. The van der Waals surface area contributed by atoms with Gasteiger partial charge in [-0.05, 0) is 11.6 Å². The summed E-state index contributed by atoms with van der Waals surface area (Å²) in [6.07, 6.45) is 4.42. The summed E-state index contributed by atoms with van der Waals surface area (Å²) in [5, 5.41) is 0.946. The van der Waals surface area contributed by atoms with Crippen LogP contribution in [0.25, 0.3) is 22.2 Å². The molecule has 0 atom stereocenters. The maximum absolute atomic E-state index is 11.4. The third-order valence-corrected chi connectivity index (χ3v) is 3.21. The van der Waals surface area contributed by atoms with Gasteiger partial charge < -0.3 is 4.57 Å². The molecule has 3 heteroatoms. The minimum atomic E-state index is 0.723. The van der Waals surface area contributed by atoms with Crippen molar-refractivity contribution in [2.24, 2.45) is 7.05 Å². The molecule has 2 heterocycles. The Morgan fingerprint density at radius 3 is 2.67 bits per heavy atom. The number of fused-ring (bicyclic) bond motifs is 1. The molecule has 3 rings (SSSR count). The molecule has 0 saturated carbocycles. The number of aryl methyl sites for hydroxylation is 1. The number of benzene rings is 1. The van der Waals surface area contributed by atoms with Gasteiger partial charge in [0, 0.05) is 24.2 Å². The molecule has 0 bridgehead atoms. The molecule has 0 spiro atoms. The molecule has 18 heavy (non-hydrogen) atoms. The first-order chi connectivity index (χ1) is 8.83. The number of carbonyl (C=O) groups excluding carboxylic acids is 1. The minimum absolute atomic E-state index is 0.723. The summed E-state index contributed by atoms with van der Waals surface area (Å²) < 4.78 is 2.02. The SMILES string of the molecule is Cn1c(-c2ccccc2)c(C=O)c2ccncc21. The van der Waals surface area contributed by atoms with Crippen LogP contribution < -0.4 is 0 Å². The number of aromatic nitrogens is 2. The molecule has 0 unspecified atom stereocenters. The van der Waals surface area contributed by atoms with Gasteiger partial charge in [-0.15, -0.1) is 0 Å². The van der Waals surface area contributed by atoms with E-state index in [1.807, 2.05) is 48.0 Å². The average Bonchev–Trinajstić information content (AvgIpc) is 2.73. The molecule has 0 aliphatic carbocycles. The zero-order valence-electron chi connectivity index (χ0n) is 10.00. The van der Waals surface area contributed by atoms with Gasteiger partial charge in [0.1, 0.15) is 0 Å².